The number of pyridine rings is 1. The maximum absolute atomic E-state index is 14.2. The minimum absolute atomic E-state index is 0.0374. The molecule has 14 nitrogen and oxygen atoms in total. The average molecular weight is 927 g/mol. The number of aromatic amines is 1. The van der Waals surface area contributed by atoms with Gasteiger partial charge in [0, 0.05) is 86.5 Å². The van der Waals surface area contributed by atoms with Crippen molar-refractivity contribution >= 4 is 39.9 Å². The third-order valence-corrected chi connectivity index (χ3v) is 15.0. The number of carbonyl (C=O) groups is 2. The summed E-state index contributed by atoms with van der Waals surface area (Å²) in [7, 11) is 1.76. The molecule has 7 aromatic rings. The maximum Gasteiger partial charge on any atom is 0.407 e. The summed E-state index contributed by atoms with van der Waals surface area (Å²) in [6.45, 7) is 7.95. The molecule has 4 aromatic carbocycles. The number of ether oxygens (including phenoxy) is 2. The zero-order valence-electron chi connectivity index (χ0n) is 39.3. The Hall–Kier alpha value is -7.03. The van der Waals surface area contributed by atoms with Crippen molar-refractivity contribution < 1.29 is 24.2 Å². The van der Waals surface area contributed by atoms with Gasteiger partial charge in [-0.05, 0) is 97.0 Å². The van der Waals surface area contributed by atoms with Gasteiger partial charge in [-0.15, -0.1) is 0 Å². The Morgan fingerprint density at radius 2 is 1.54 bits per heavy atom. The lowest BCUT2D eigenvalue weighted by atomic mass is 9.86. The number of rotatable bonds is 12. The van der Waals surface area contributed by atoms with Crippen LogP contribution >= 0.6 is 0 Å². The molecule has 11 rings (SSSR count). The number of piperidine rings is 1. The fourth-order valence-corrected chi connectivity index (χ4v) is 11.1. The number of fused-ring (bicyclic) bond motifs is 5. The average Bonchev–Trinajstić information content (AvgIpc) is 3.94. The molecule has 0 bridgehead atoms. The molecule has 1 unspecified atom stereocenters. The molecule has 3 aromatic heterocycles. The van der Waals surface area contributed by atoms with Crippen LogP contribution in [0.3, 0.4) is 0 Å². The molecule has 69 heavy (non-hydrogen) atoms. The number of aryl methyl sites for hydroxylation is 1. The van der Waals surface area contributed by atoms with E-state index in [0.29, 0.717) is 36.2 Å². The van der Waals surface area contributed by atoms with Crippen molar-refractivity contribution in [1.29, 1.82) is 0 Å². The van der Waals surface area contributed by atoms with Gasteiger partial charge in [-0.2, -0.15) is 0 Å². The molecule has 354 valence electrons. The number of carboxylic acid groups (broad SMARTS) is 1. The standard InChI is InChI=1S/C55H58N8O6/c1-34-29-63(54(66)67)35(2)28-62(34)30-36-22-25-61(26-23-36)52-58-48-20-17-37(46-31-60(3)51(64)49-44(46)21-24-56-49)27-45(48)50(59-52)55(69-39-18-19-39,38-11-5-4-6-12-38)33-57-53(65)68-32-47-42-15-9-7-13-40(42)41-14-8-10-16-43(41)47/h4-17,20-21,24,27,31,34-36,39,47,56H,18-19,22-23,25-26,28-30,32-33H2,1-3H3,(H,57,65)(H,66,67)/t34-,35+,55?/m0/s1. The van der Waals surface area contributed by atoms with Crippen LogP contribution in [0.5, 0.6) is 0 Å². The van der Waals surface area contributed by atoms with Crippen molar-refractivity contribution in [2.45, 2.75) is 69.2 Å². The van der Waals surface area contributed by atoms with Gasteiger partial charge in [0.1, 0.15) is 12.1 Å². The summed E-state index contributed by atoms with van der Waals surface area (Å²) in [5, 5.41) is 14.5. The number of aromatic nitrogens is 4. The zero-order chi connectivity index (χ0) is 47.4. The summed E-state index contributed by atoms with van der Waals surface area (Å²) < 4.78 is 15.0. The summed E-state index contributed by atoms with van der Waals surface area (Å²) in [4.78, 5) is 59.5. The number of nitrogens with zero attached hydrogens (tertiary/aromatic N) is 6. The van der Waals surface area contributed by atoms with Crippen LogP contribution in [0.15, 0.2) is 120 Å². The first-order valence-corrected chi connectivity index (χ1v) is 24.3. The molecule has 2 aliphatic carbocycles. The fourth-order valence-electron chi connectivity index (χ4n) is 11.1. The summed E-state index contributed by atoms with van der Waals surface area (Å²) in [5.74, 6) is 0.931. The number of anilines is 1. The third kappa shape index (κ3) is 8.39. The molecule has 14 heteroatoms. The smallest absolute Gasteiger partial charge is 0.407 e. The summed E-state index contributed by atoms with van der Waals surface area (Å²) in [5.41, 5.74) is 7.72. The van der Waals surface area contributed by atoms with E-state index in [4.69, 9.17) is 19.4 Å². The number of carbonyl (C=O) groups excluding carboxylic acids is 1. The molecule has 0 radical (unpaired) electrons. The second-order valence-electron chi connectivity index (χ2n) is 19.5. The molecule has 2 amide bonds. The Kier molecular flexibility index (Phi) is 11.7. The topological polar surface area (TPSA) is 158 Å². The van der Waals surface area contributed by atoms with Crippen LogP contribution < -0.4 is 15.8 Å². The first kappa shape index (κ1) is 44.5. The number of hydrogen-bond donors (Lipinski definition) is 3. The van der Waals surface area contributed by atoms with E-state index in [1.165, 1.54) is 0 Å². The van der Waals surface area contributed by atoms with Gasteiger partial charge in [0.05, 0.1) is 23.9 Å². The monoisotopic (exact) mass is 926 g/mol. The highest BCUT2D eigenvalue weighted by Gasteiger charge is 2.45. The molecule has 3 N–H and O–H groups in total. The summed E-state index contributed by atoms with van der Waals surface area (Å²) in [6.07, 6.45) is 5.81. The number of benzene rings is 4. The Morgan fingerprint density at radius 3 is 2.25 bits per heavy atom. The lowest BCUT2D eigenvalue weighted by molar-refractivity contribution is -0.0314. The lowest BCUT2D eigenvalue weighted by Crippen LogP contribution is -2.58. The number of piperazine rings is 1. The molecule has 3 fully saturated rings. The van der Waals surface area contributed by atoms with Crippen LogP contribution in [-0.2, 0) is 22.1 Å². The van der Waals surface area contributed by atoms with E-state index >= 15 is 0 Å². The zero-order valence-corrected chi connectivity index (χ0v) is 39.3. The van der Waals surface area contributed by atoms with Crippen LogP contribution in [0.1, 0.15) is 67.8 Å². The fraction of sp³-hybridized carbons (Fsp3) is 0.364. The van der Waals surface area contributed by atoms with Crippen molar-refractivity contribution in [2.24, 2.45) is 13.0 Å². The van der Waals surface area contributed by atoms with Crippen LogP contribution in [0.4, 0.5) is 15.5 Å². The van der Waals surface area contributed by atoms with Crippen LogP contribution in [0.25, 0.3) is 44.1 Å². The highest BCUT2D eigenvalue weighted by Crippen LogP contribution is 2.46. The van der Waals surface area contributed by atoms with Gasteiger partial charge in [-0.1, -0.05) is 84.9 Å². The van der Waals surface area contributed by atoms with Crippen molar-refractivity contribution in [3.05, 3.63) is 148 Å². The van der Waals surface area contributed by atoms with E-state index in [2.05, 4.69) is 63.4 Å². The first-order valence-electron chi connectivity index (χ1n) is 24.3. The highest BCUT2D eigenvalue weighted by molar-refractivity contribution is 5.97. The Balaban J connectivity index is 0.954. The van der Waals surface area contributed by atoms with Gasteiger partial charge in [-0.25, -0.2) is 19.6 Å². The second kappa shape index (κ2) is 18.1. The number of nitrogens with one attached hydrogen (secondary N) is 2. The predicted molar refractivity (Wildman–Crippen MR) is 267 cm³/mol. The second-order valence-corrected chi connectivity index (χ2v) is 19.5. The normalized spacial score (nSPS) is 19.6. The van der Waals surface area contributed by atoms with Crippen molar-refractivity contribution in [1.82, 2.24) is 34.6 Å². The molecule has 2 saturated heterocycles. The van der Waals surface area contributed by atoms with Crippen LogP contribution in [-0.4, -0.2) is 111 Å². The summed E-state index contributed by atoms with van der Waals surface area (Å²) >= 11 is 0. The number of hydrogen-bond acceptors (Lipinski definition) is 9. The van der Waals surface area contributed by atoms with Gasteiger partial charge in [-0.3, -0.25) is 9.69 Å². The predicted octanol–water partition coefficient (Wildman–Crippen LogP) is 8.73. The number of H-pyrrole nitrogens is 1. The molecular formula is C55H58N8O6. The third-order valence-electron chi connectivity index (χ3n) is 15.0. The van der Waals surface area contributed by atoms with Gasteiger partial charge < -0.3 is 39.2 Å². The minimum Gasteiger partial charge on any atom is -0.465 e. The first-order chi connectivity index (χ1) is 33.5. The van der Waals surface area contributed by atoms with Crippen molar-refractivity contribution in [3.63, 3.8) is 0 Å². The van der Waals surface area contributed by atoms with Gasteiger partial charge in [0.2, 0.25) is 5.95 Å². The van der Waals surface area contributed by atoms with Gasteiger partial charge >= 0.3 is 12.2 Å². The molecule has 2 aliphatic heterocycles. The molecule has 0 spiro atoms. The Labute approximate surface area is 400 Å². The number of alkyl carbamates (subject to hydrolysis) is 1. The molecule has 5 heterocycles. The summed E-state index contributed by atoms with van der Waals surface area (Å²) in [6, 6.07) is 34.8. The number of amides is 2. The van der Waals surface area contributed by atoms with Gasteiger partial charge in [0.15, 0.2) is 5.60 Å². The van der Waals surface area contributed by atoms with Gasteiger partial charge in [0.25, 0.3) is 5.56 Å². The molecule has 4 aliphatic rings. The van der Waals surface area contributed by atoms with Crippen molar-refractivity contribution in [3.8, 4) is 22.3 Å². The minimum atomic E-state index is -1.27. The largest absolute Gasteiger partial charge is 0.465 e. The SMILES string of the molecule is C[C@@H]1CN(CC2CCN(c3nc(C(CNC(=O)OCC4c5ccccc5-c5ccccc54)(OC4CC4)c4ccccc4)c4cc(-c5cn(C)c(=O)c6[nH]ccc56)ccc4n3)CC2)[C@@H](C)CN1C(=O)O. The molecule has 1 saturated carbocycles. The van der Waals surface area contributed by atoms with E-state index in [1.807, 2.05) is 79.9 Å². The van der Waals surface area contributed by atoms with E-state index in [0.717, 1.165) is 101 Å². The maximum atomic E-state index is 14.2. The lowest BCUT2D eigenvalue weighted by Gasteiger charge is -2.45. The highest BCUT2D eigenvalue weighted by atomic mass is 16.6. The van der Waals surface area contributed by atoms with Crippen LogP contribution in [0.2, 0.25) is 0 Å². The molecular weight excluding hydrogens is 869 g/mol. The van der Waals surface area contributed by atoms with E-state index in [9.17, 15) is 19.5 Å². The quantitative estimate of drug-likeness (QED) is 0.108. The van der Waals surface area contributed by atoms with Crippen LogP contribution in [0, 0.1) is 5.92 Å². The van der Waals surface area contributed by atoms with Crippen molar-refractivity contribution in [2.75, 3.05) is 50.8 Å². The Morgan fingerprint density at radius 1 is 0.826 bits per heavy atom. The van der Waals surface area contributed by atoms with E-state index in [-0.39, 0.29) is 42.8 Å². The Bertz CT molecular complexity index is 3080. The van der Waals surface area contributed by atoms with E-state index < -0.39 is 17.8 Å². The van der Waals surface area contributed by atoms with E-state index in [1.54, 1.807) is 22.7 Å². The molecule has 3 atom stereocenters.